The first-order valence-electron chi connectivity index (χ1n) is 9.59. The number of hydrogen-bond acceptors (Lipinski definition) is 6. The van der Waals surface area contributed by atoms with Crippen LogP contribution in [-0.2, 0) is 14.8 Å². The highest BCUT2D eigenvalue weighted by Gasteiger charge is 2.33. The van der Waals surface area contributed by atoms with Gasteiger partial charge in [-0.2, -0.15) is 0 Å². The zero-order valence-corrected chi connectivity index (χ0v) is 18.9. The minimum absolute atomic E-state index is 0.0409. The first-order chi connectivity index (χ1) is 14.6. The van der Waals surface area contributed by atoms with Crippen LogP contribution in [0.4, 0.5) is 11.4 Å². The second-order valence-electron chi connectivity index (χ2n) is 7.29. The van der Waals surface area contributed by atoms with Crippen molar-refractivity contribution in [2.45, 2.75) is 32.6 Å². The lowest BCUT2D eigenvalue weighted by Gasteiger charge is -2.24. The van der Waals surface area contributed by atoms with E-state index in [9.17, 15) is 13.2 Å². The maximum atomic E-state index is 13.6. The largest absolute Gasteiger partial charge is 0.497 e. The monoisotopic (exact) mass is 443 g/mol. The number of methoxy groups -OCH3 is 1. The molecule has 0 saturated heterocycles. The molecule has 0 aliphatic carbocycles. The summed E-state index contributed by atoms with van der Waals surface area (Å²) in [6.45, 7) is 6.40. The molecule has 2 aromatic carbocycles. The number of ether oxygens (including phenoxy) is 1. The number of benzene rings is 2. The van der Waals surface area contributed by atoms with E-state index < -0.39 is 22.5 Å². The Kier molecular flexibility index (Phi) is 6.35. The van der Waals surface area contributed by atoms with Crippen LogP contribution in [0.15, 0.2) is 51.9 Å². The van der Waals surface area contributed by atoms with Gasteiger partial charge in [0.1, 0.15) is 18.0 Å². The maximum absolute atomic E-state index is 13.6. The lowest BCUT2D eigenvalue weighted by molar-refractivity contribution is -0.114. The molecule has 9 heteroatoms. The SMILES string of the molecule is COc1cccc(NC(=O)CN(c2cc(C)cc(C)c2)S(=O)(=O)c2c(C)noc2C)c1. The topological polar surface area (TPSA) is 102 Å². The molecule has 0 aliphatic heterocycles. The van der Waals surface area contributed by atoms with E-state index in [1.54, 1.807) is 43.3 Å². The van der Waals surface area contributed by atoms with E-state index in [1.165, 1.54) is 14.0 Å². The molecule has 1 heterocycles. The lowest BCUT2D eigenvalue weighted by atomic mass is 10.1. The van der Waals surface area contributed by atoms with E-state index in [2.05, 4.69) is 10.5 Å². The number of carbonyl (C=O) groups is 1. The molecule has 0 saturated carbocycles. The molecule has 1 amide bonds. The number of aryl methyl sites for hydroxylation is 4. The highest BCUT2D eigenvalue weighted by atomic mass is 32.2. The molecule has 3 aromatic rings. The third-order valence-corrected chi connectivity index (χ3v) is 6.67. The fraction of sp³-hybridized carbons (Fsp3) is 0.273. The van der Waals surface area contributed by atoms with Crippen LogP contribution in [0.5, 0.6) is 5.75 Å². The van der Waals surface area contributed by atoms with E-state index in [4.69, 9.17) is 9.26 Å². The second-order valence-corrected chi connectivity index (χ2v) is 9.09. The average Bonchev–Trinajstić information content (AvgIpc) is 3.04. The summed E-state index contributed by atoms with van der Waals surface area (Å²) in [4.78, 5) is 12.8. The first kappa shape index (κ1) is 22.4. The molecular formula is C22H25N3O5S. The zero-order valence-electron chi connectivity index (χ0n) is 18.1. The van der Waals surface area contributed by atoms with Crippen molar-refractivity contribution >= 4 is 27.3 Å². The van der Waals surface area contributed by atoms with Crippen molar-refractivity contribution in [3.63, 3.8) is 0 Å². The van der Waals surface area contributed by atoms with Gasteiger partial charge < -0.3 is 14.6 Å². The summed E-state index contributed by atoms with van der Waals surface area (Å²) in [5.41, 5.74) is 2.88. The summed E-state index contributed by atoms with van der Waals surface area (Å²) in [6, 6.07) is 12.2. The number of rotatable bonds is 7. The van der Waals surface area contributed by atoms with Gasteiger partial charge in [-0.05, 0) is 63.1 Å². The minimum Gasteiger partial charge on any atom is -0.497 e. The fourth-order valence-corrected chi connectivity index (χ4v) is 5.10. The van der Waals surface area contributed by atoms with E-state index in [0.717, 1.165) is 15.4 Å². The predicted molar refractivity (Wildman–Crippen MR) is 118 cm³/mol. The maximum Gasteiger partial charge on any atom is 0.270 e. The van der Waals surface area contributed by atoms with Crippen molar-refractivity contribution in [1.29, 1.82) is 0 Å². The number of nitrogens with one attached hydrogen (secondary N) is 1. The fourth-order valence-electron chi connectivity index (χ4n) is 3.39. The molecule has 0 fully saturated rings. The molecule has 0 bridgehead atoms. The summed E-state index contributed by atoms with van der Waals surface area (Å²) in [5.74, 6) is 0.245. The van der Waals surface area contributed by atoms with Gasteiger partial charge in [-0.1, -0.05) is 17.3 Å². The molecule has 0 aliphatic rings. The summed E-state index contributed by atoms with van der Waals surface area (Å²) in [6.07, 6.45) is 0. The summed E-state index contributed by atoms with van der Waals surface area (Å²) in [5, 5.41) is 6.49. The molecule has 0 atom stereocenters. The van der Waals surface area contributed by atoms with Crippen LogP contribution in [0.25, 0.3) is 0 Å². The number of nitrogens with zero attached hydrogens (tertiary/aromatic N) is 2. The van der Waals surface area contributed by atoms with Crippen LogP contribution in [0.3, 0.4) is 0 Å². The Hall–Kier alpha value is -3.33. The molecule has 1 aromatic heterocycles. The Morgan fingerprint density at radius 1 is 1.10 bits per heavy atom. The Labute approximate surface area is 181 Å². The summed E-state index contributed by atoms with van der Waals surface area (Å²) < 4.78 is 38.5. The van der Waals surface area contributed by atoms with Gasteiger partial charge in [-0.15, -0.1) is 0 Å². The number of sulfonamides is 1. The van der Waals surface area contributed by atoms with Crippen molar-refractivity contribution in [2.75, 3.05) is 23.3 Å². The van der Waals surface area contributed by atoms with Gasteiger partial charge in [0, 0.05) is 11.8 Å². The van der Waals surface area contributed by atoms with Gasteiger partial charge in [-0.3, -0.25) is 9.10 Å². The highest BCUT2D eigenvalue weighted by Crippen LogP contribution is 2.29. The van der Waals surface area contributed by atoms with Crippen molar-refractivity contribution in [1.82, 2.24) is 5.16 Å². The molecule has 1 N–H and O–H groups in total. The third kappa shape index (κ3) is 4.88. The van der Waals surface area contributed by atoms with Crippen molar-refractivity contribution in [3.8, 4) is 5.75 Å². The van der Waals surface area contributed by atoms with E-state index in [-0.39, 0.29) is 16.3 Å². The van der Waals surface area contributed by atoms with Crippen LogP contribution >= 0.6 is 0 Å². The molecule has 0 spiro atoms. The molecular weight excluding hydrogens is 418 g/mol. The minimum atomic E-state index is -4.11. The quantitative estimate of drug-likeness (QED) is 0.597. The van der Waals surface area contributed by atoms with Gasteiger partial charge in [0.2, 0.25) is 5.91 Å². The van der Waals surface area contributed by atoms with Crippen LogP contribution in [0, 0.1) is 27.7 Å². The van der Waals surface area contributed by atoms with Gasteiger partial charge in [0.05, 0.1) is 12.8 Å². The molecule has 0 radical (unpaired) electrons. The van der Waals surface area contributed by atoms with Crippen LogP contribution in [-0.4, -0.2) is 33.1 Å². The molecule has 8 nitrogen and oxygen atoms in total. The van der Waals surface area contributed by atoms with E-state index in [0.29, 0.717) is 17.1 Å². The number of amides is 1. The first-order valence-corrected chi connectivity index (χ1v) is 11.0. The number of anilines is 2. The Morgan fingerprint density at radius 2 is 1.77 bits per heavy atom. The number of aromatic nitrogens is 1. The van der Waals surface area contributed by atoms with Crippen LogP contribution < -0.4 is 14.4 Å². The average molecular weight is 444 g/mol. The van der Waals surface area contributed by atoms with Crippen molar-refractivity contribution in [3.05, 3.63) is 65.0 Å². The van der Waals surface area contributed by atoms with E-state index in [1.807, 2.05) is 19.9 Å². The van der Waals surface area contributed by atoms with Gasteiger partial charge >= 0.3 is 0 Å². The summed E-state index contributed by atoms with van der Waals surface area (Å²) in [7, 11) is -2.59. The standard InChI is InChI=1S/C22H25N3O5S/c1-14-9-15(2)11-19(10-14)25(31(27,28)22-16(3)24-30-17(22)4)13-21(26)23-18-7-6-8-20(12-18)29-5/h6-12H,13H2,1-5H3,(H,23,26). The summed E-state index contributed by atoms with van der Waals surface area (Å²) >= 11 is 0. The highest BCUT2D eigenvalue weighted by molar-refractivity contribution is 7.93. The van der Waals surface area contributed by atoms with Gasteiger partial charge in [-0.25, -0.2) is 8.42 Å². The molecule has 0 unspecified atom stereocenters. The predicted octanol–water partition coefficient (Wildman–Crippen LogP) is 3.75. The van der Waals surface area contributed by atoms with Crippen molar-refractivity contribution < 1.29 is 22.5 Å². The third-order valence-electron chi connectivity index (χ3n) is 4.65. The normalized spacial score (nSPS) is 11.3. The number of hydrogen-bond donors (Lipinski definition) is 1. The Balaban J connectivity index is 2.01. The lowest BCUT2D eigenvalue weighted by Crippen LogP contribution is -2.38. The van der Waals surface area contributed by atoms with Gasteiger partial charge in [0.25, 0.3) is 10.0 Å². The zero-order chi connectivity index (χ0) is 22.8. The van der Waals surface area contributed by atoms with Crippen LogP contribution in [0.1, 0.15) is 22.6 Å². The van der Waals surface area contributed by atoms with E-state index >= 15 is 0 Å². The molecule has 31 heavy (non-hydrogen) atoms. The molecule has 164 valence electrons. The van der Waals surface area contributed by atoms with Crippen molar-refractivity contribution in [2.24, 2.45) is 0 Å². The number of carbonyl (C=O) groups excluding carboxylic acids is 1. The second kappa shape index (κ2) is 8.81. The van der Waals surface area contributed by atoms with Gasteiger partial charge in [0.15, 0.2) is 10.7 Å². The van der Waals surface area contributed by atoms with Crippen LogP contribution in [0.2, 0.25) is 0 Å². The Bertz CT molecular complexity index is 1180. The Morgan fingerprint density at radius 3 is 2.35 bits per heavy atom. The molecule has 3 rings (SSSR count). The smallest absolute Gasteiger partial charge is 0.270 e.